The molecular weight excluding hydrogens is 446 g/mol. The Bertz CT molecular complexity index is 640. The van der Waals surface area contributed by atoms with E-state index in [9.17, 15) is 9.18 Å². The molecule has 3 aliphatic rings. The molecular formula is C22H31FN3O2Y-. The molecule has 0 aromatic carbocycles. The second-order valence-corrected chi connectivity index (χ2v) is 7.91. The summed E-state index contributed by atoms with van der Waals surface area (Å²) in [6.07, 6.45) is 15.3. The quantitative estimate of drug-likeness (QED) is 0.527. The van der Waals surface area contributed by atoms with Gasteiger partial charge in [-0.2, -0.15) is 4.39 Å². The smallest absolute Gasteiger partial charge is 0.255 e. The summed E-state index contributed by atoms with van der Waals surface area (Å²) in [4.78, 5) is 17.7. The normalized spacial score (nSPS) is 27.0. The molecule has 2 aliphatic heterocycles. The third kappa shape index (κ3) is 7.20. The predicted octanol–water partition coefficient (Wildman–Crippen LogP) is 4.08. The molecule has 1 aromatic rings. The number of allylic oxidation sites excluding steroid dienone is 2. The minimum atomic E-state index is -0.557. The molecule has 3 atom stereocenters. The van der Waals surface area contributed by atoms with Gasteiger partial charge in [-0.3, -0.25) is 4.79 Å². The Balaban J connectivity index is 0.000000219. The summed E-state index contributed by atoms with van der Waals surface area (Å²) >= 11 is 0. The number of aliphatic hydroxyl groups excluding tert-OH is 1. The molecule has 29 heavy (non-hydrogen) atoms. The standard InChI is InChI=1S/C12H13FN3O.C10H18O.Y/c13-11-4-1-8(5-15-11)12(17)16-9-2-3-10(16)7-14-6-9;11-9-8-10-6-4-2-1-3-5-7-10;/h1,4-5,9-10H,2-3,6-7H2;1-2,10-11H,3-9H2;/q-1;;/b;2-1-;. The van der Waals surface area contributed by atoms with E-state index < -0.39 is 5.95 Å². The Morgan fingerprint density at radius 1 is 1.14 bits per heavy atom. The van der Waals surface area contributed by atoms with Crippen molar-refractivity contribution in [2.24, 2.45) is 5.92 Å². The maximum Gasteiger partial charge on any atom is 0.255 e. The Labute approximate surface area is 198 Å². The fourth-order valence-electron chi connectivity index (χ4n) is 4.38. The number of halogens is 1. The van der Waals surface area contributed by atoms with Crippen LogP contribution < -0.4 is 0 Å². The van der Waals surface area contributed by atoms with Gasteiger partial charge in [0, 0.05) is 57.6 Å². The number of nitrogens with zero attached hydrogens (tertiary/aromatic N) is 3. The molecule has 4 rings (SSSR count). The second-order valence-electron chi connectivity index (χ2n) is 7.91. The molecule has 2 bridgehead atoms. The third-order valence-corrected chi connectivity index (χ3v) is 5.94. The van der Waals surface area contributed by atoms with Crippen LogP contribution in [0.3, 0.4) is 0 Å². The van der Waals surface area contributed by atoms with Crippen LogP contribution in [0.5, 0.6) is 0 Å². The van der Waals surface area contributed by atoms with Crippen molar-refractivity contribution >= 4 is 5.91 Å². The van der Waals surface area contributed by atoms with Gasteiger partial charge in [-0.15, -0.1) is 13.1 Å². The van der Waals surface area contributed by atoms with Crippen LogP contribution in [-0.4, -0.2) is 52.7 Å². The number of hydrogen-bond acceptors (Lipinski definition) is 3. The molecule has 3 unspecified atom stereocenters. The second kappa shape index (κ2) is 12.9. The maximum absolute atomic E-state index is 12.7. The Morgan fingerprint density at radius 3 is 2.52 bits per heavy atom. The van der Waals surface area contributed by atoms with Crippen LogP contribution >= 0.6 is 0 Å². The van der Waals surface area contributed by atoms with E-state index in [2.05, 4.69) is 22.5 Å². The first kappa shape index (κ1) is 24.6. The molecule has 1 aliphatic carbocycles. The number of rotatable bonds is 3. The van der Waals surface area contributed by atoms with E-state index in [1.807, 2.05) is 4.90 Å². The third-order valence-electron chi connectivity index (χ3n) is 5.94. The molecule has 1 amide bonds. The molecule has 1 aromatic heterocycles. The van der Waals surface area contributed by atoms with E-state index in [1.165, 1.54) is 50.4 Å². The number of pyridine rings is 1. The Hall–Kier alpha value is -0.686. The molecule has 1 radical (unpaired) electrons. The first-order chi connectivity index (χ1) is 13.7. The van der Waals surface area contributed by atoms with Crippen molar-refractivity contribution in [2.45, 2.75) is 63.5 Å². The van der Waals surface area contributed by atoms with Gasteiger partial charge in [0.25, 0.3) is 5.91 Å². The van der Waals surface area contributed by atoms with Crippen LogP contribution in [0.25, 0.3) is 5.32 Å². The summed E-state index contributed by atoms with van der Waals surface area (Å²) in [5.74, 6) is 0.183. The number of amides is 1. The average Bonchev–Trinajstić information content (AvgIpc) is 2.93. The van der Waals surface area contributed by atoms with Crippen molar-refractivity contribution in [3.8, 4) is 0 Å². The zero-order valence-corrected chi connectivity index (χ0v) is 19.9. The van der Waals surface area contributed by atoms with Gasteiger partial charge in [0.15, 0.2) is 0 Å². The summed E-state index contributed by atoms with van der Waals surface area (Å²) in [6, 6.07) is 3.18. The predicted molar refractivity (Wildman–Crippen MR) is 108 cm³/mol. The first-order valence-electron chi connectivity index (χ1n) is 10.5. The zero-order chi connectivity index (χ0) is 19.8. The molecule has 157 valence electrons. The van der Waals surface area contributed by atoms with Crippen molar-refractivity contribution in [3.05, 3.63) is 47.3 Å². The largest absolute Gasteiger partial charge is 0.659 e. The summed E-state index contributed by atoms with van der Waals surface area (Å²) in [5, 5.41) is 13.1. The maximum atomic E-state index is 12.7. The fourth-order valence-corrected chi connectivity index (χ4v) is 4.38. The van der Waals surface area contributed by atoms with Crippen molar-refractivity contribution in [1.29, 1.82) is 0 Å². The monoisotopic (exact) mass is 477 g/mol. The van der Waals surface area contributed by atoms with E-state index in [4.69, 9.17) is 5.11 Å². The van der Waals surface area contributed by atoms with Gasteiger partial charge in [0.1, 0.15) is 0 Å². The minimum absolute atomic E-state index is 0. The number of aliphatic hydroxyl groups is 1. The summed E-state index contributed by atoms with van der Waals surface area (Å²) < 4.78 is 12.7. The molecule has 2 fully saturated rings. The minimum Gasteiger partial charge on any atom is -0.659 e. The van der Waals surface area contributed by atoms with Gasteiger partial charge in [0.05, 0.1) is 5.56 Å². The van der Waals surface area contributed by atoms with E-state index in [-0.39, 0.29) is 50.7 Å². The molecule has 3 heterocycles. The number of fused-ring (bicyclic) bond motifs is 2. The molecule has 1 N–H and O–H groups in total. The van der Waals surface area contributed by atoms with Crippen molar-refractivity contribution in [3.63, 3.8) is 0 Å². The SMILES string of the molecule is O=C(c1ccc(F)nc1)N1C2CCC1C[N-]C2.OCCC1CC/C=C\CCC1.[Y]. The molecule has 0 saturated carbocycles. The molecule has 2 saturated heterocycles. The number of aromatic nitrogens is 1. The summed E-state index contributed by atoms with van der Waals surface area (Å²) in [6.45, 7) is 1.84. The number of carbonyl (C=O) groups is 1. The van der Waals surface area contributed by atoms with E-state index in [1.54, 1.807) is 0 Å². The fraction of sp³-hybridized carbons (Fsp3) is 0.636. The van der Waals surface area contributed by atoms with Crippen LogP contribution in [0.2, 0.25) is 0 Å². The summed E-state index contributed by atoms with van der Waals surface area (Å²) in [7, 11) is 0. The molecule has 0 spiro atoms. The number of carbonyl (C=O) groups excluding carboxylic acids is 1. The summed E-state index contributed by atoms with van der Waals surface area (Å²) in [5.41, 5.74) is 0.463. The van der Waals surface area contributed by atoms with Crippen molar-refractivity contribution < 1.29 is 47.0 Å². The van der Waals surface area contributed by atoms with Crippen molar-refractivity contribution in [1.82, 2.24) is 9.88 Å². The topological polar surface area (TPSA) is 67.5 Å². The van der Waals surface area contributed by atoms with Crippen LogP contribution in [-0.2, 0) is 32.7 Å². The Morgan fingerprint density at radius 2 is 1.86 bits per heavy atom. The number of piperazine rings is 1. The van der Waals surface area contributed by atoms with Gasteiger partial charge in [0.2, 0.25) is 5.95 Å². The van der Waals surface area contributed by atoms with Gasteiger partial charge in [-0.05, 0) is 63.0 Å². The Kier molecular flexibility index (Phi) is 10.9. The van der Waals surface area contributed by atoms with Gasteiger partial charge in [-0.25, -0.2) is 4.98 Å². The van der Waals surface area contributed by atoms with Gasteiger partial charge >= 0.3 is 0 Å². The van der Waals surface area contributed by atoms with Crippen molar-refractivity contribution in [2.75, 3.05) is 19.7 Å². The number of hydrogen-bond donors (Lipinski definition) is 1. The molecule has 5 nitrogen and oxygen atoms in total. The van der Waals surface area contributed by atoms with E-state index in [0.717, 1.165) is 38.3 Å². The first-order valence-corrected chi connectivity index (χ1v) is 10.5. The average molecular weight is 477 g/mol. The van der Waals surface area contributed by atoms with Crippen LogP contribution in [0.4, 0.5) is 4.39 Å². The van der Waals surface area contributed by atoms with Crippen LogP contribution in [0.15, 0.2) is 30.5 Å². The molecule has 7 heteroatoms. The van der Waals surface area contributed by atoms with Gasteiger partial charge in [-0.1, -0.05) is 18.6 Å². The zero-order valence-electron chi connectivity index (χ0n) is 17.0. The van der Waals surface area contributed by atoms with Gasteiger partial charge < -0.3 is 15.3 Å². The van der Waals surface area contributed by atoms with E-state index in [0.29, 0.717) is 12.2 Å². The van der Waals surface area contributed by atoms with E-state index >= 15 is 0 Å². The van der Waals surface area contributed by atoms with Crippen LogP contribution in [0, 0.1) is 11.9 Å². The van der Waals surface area contributed by atoms with Crippen LogP contribution in [0.1, 0.15) is 61.7 Å².